The maximum Gasteiger partial charge on any atom is 0.308 e. The number of nitrogens with zero attached hydrogens (tertiary/aromatic N) is 2. The highest BCUT2D eigenvalue weighted by molar-refractivity contribution is 5.79. The van der Waals surface area contributed by atoms with E-state index in [9.17, 15) is 14.7 Å². The fraction of sp³-hybridized carbons (Fsp3) is 0.630. The molecule has 3 aliphatic heterocycles. The monoisotopic (exact) mass is 502 g/mol. The summed E-state index contributed by atoms with van der Waals surface area (Å²) in [5.74, 6) is -0.458. The fourth-order valence-corrected chi connectivity index (χ4v) is 5.38. The van der Waals surface area contributed by atoms with Gasteiger partial charge in [-0.15, -0.1) is 0 Å². The molecular weight excluding hydrogens is 464 g/mol. The lowest BCUT2D eigenvalue weighted by Crippen LogP contribution is -2.45. The molecular formula is C27H38N2O7. The van der Waals surface area contributed by atoms with Crippen molar-refractivity contribution in [1.29, 1.82) is 0 Å². The molecule has 0 unspecified atom stereocenters. The van der Waals surface area contributed by atoms with Crippen LogP contribution in [-0.4, -0.2) is 72.1 Å². The molecule has 9 nitrogen and oxygen atoms in total. The van der Waals surface area contributed by atoms with Crippen molar-refractivity contribution in [3.05, 3.63) is 36.3 Å². The minimum atomic E-state index is -0.863. The average Bonchev–Trinajstić information content (AvgIpc) is 3.62. The Morgan fingerprint density at radius 1 is 1.03 bits per heavy atom. The lowest BCUT2D eigenvalue weighted by Gasteiger charge is -2.30. The first kappa shape index (κ1) is 26.1. The molecule has 0 saturated carbocycles. The summed E-state index contributed by atoms with van der Waals surface area (Å²) in [6.07, 6.45) is 7.62. The maximum absolute atomic E-state index is 13.4. The molecule has 1 amide bonds. The molecule has 1 aromatic carbocycles. The van der Waals surface area contributed by atoms with Crippen LogP contribution < -0.4 is 9.47 Å². The van der Waals surface area contributed by atoms with Gasteiger partial charge >= 0.3 is 5.97 Å². The topological polar surface area (TPSA) is 97.8 Å². The van der Waals surface area contributed by atoms with Crippen LogP contribution in [0.4, 0.5) is 0 Å². The molecule has 0 bridgehead atoms. The van der Waals surface area contributed by atoms with Crippen LogP contribution in [0.15, 0.2) is 30.7 Å². The summed E-state index contributed by atoms with van der Waals surface area (Å²) >= 11 is 0. The number of amides is 1. The van der Waals surface area contributed by atoms with E-state index in [0.717, 1.165) is 44.3 Å². The number of carbonyl (C=O) groups excluding carboxylic acids is 1. The van der Waals surface area contributed by atoms with Crippen molar-refractivity contribution >= 4 is 11.9 Å². The summed E-state index contributed by atoms with van der Waals surface area (Å²) in [4.78, 5) is 30.1. The normalized spacial score (nSPS) is 23.0. The maximum atomic E-state index is 13.4. The predicted octanol–water partition coefficient (Wildman–Crippen LogP) is 3.94. The summed E-state index contributed by atoms with van der Waals surface area (Å²) in [5, 5.41) is 10.3. The summed E-state index contributed by atoms with van der Waals surface area (Å²) in [7, 11) is 0. The molecule has 0 spiro atoms. The van der Waals surface area contributed by atoms with Crippen molar-refractivity contribution in [3.8, 4) is 11.5 Å². The number of carboxylic acids is 1. The fourth-order valence-electron chi connectivity index (χ4n) is 5.38. The number of carboxylic acid groups (broad SMARTS) is 1. The number of fused-ring (bicyclic) bond motifs is 1. The Balaban J connectivity index is 1.55. The smallest absolute Gasteiger partial charge is 0.308 e. The van der Waals surface area contributed by atoms with E-state index in [1.807, 2.05) is 23.1 Å². The molecule has 1 aromatic rings. The lowest BCUT2D eigenvalue weighted by molar-refractivity contribution is -0.144. The van der Waals surface area contributed by atoms with E-state index in [4.69, 9.17) is 18.9 Å². The quantitative estimate of drug-likeness (QED) is 0.433. The minimum absolute atomic E-state index is 0.0624. The second kappa shape index (κ2) is 12.3. The minimum Gasteiger partial charge on any atom is -0.481 e. The summed E-state index contributed by atoms with van der Waals surface area (Å²) < 4.78 is 21.9. The number of ether oxygens (including phenoxy) is 4. The summed E-state index contributed by atoms with van der Waals surface area (Å²) in [6.45, 7) is 6.55. The number of hydrogen-bond donors (Lipinski definition) is 1. The van der Waals surface area contributed by atoms with E-state index in [2.05, 4.69) is 18.7 Å². The molecule has 0 radical (unpaired) electrons. The van der Waals surface area contributed by atoms with Crippen molar-refractivity contribution in [2.24, 2.45) is 5.92 Å². The van der Waals surface area contributed by atoms with Gasteiger partial charge in [0.2, 0.25) is 19.0 Å². The molecule has 0 aromatic heterocycles. The van der Waals surface area contributed by atoms with Crippen molar-refractivity contribution in [2.45, 2.75) is 70.6 Å². The number of hydrogen-bond acceptors (Lipinski definition) is 7. The van der Waals surface area contributed by atoms with E-state index in [0.29, 0.717) is 30.9 Å². The number of benzene rings is 1. The van der Waals surface area contributed by atoms with Crippen LogP contribution in [0.1, 0.15) is 63.9 Å². The lowest BCUT2D eigenvalue weighted by atomic mass is 9.83. The Labute approximate surface area is 212 Å². The van der Waals surface area contributed by atoms with Gasteiger partial charge in [-0.25, -0.2) is 0 Å². The van der Waals surface area contributed by atoms with Gasteiger partial charge in [-0.05, 0) is 37.0 Å². The molecule has 36 heavy (non-hydrogen) atoms. The van der Waals surface area contributed by atoms with Gasteiger partial charge in [-0.1, -0.05) is 32.8 Å². The third kappa shape index (κ3) is 6.06. The van der Waals surface area contributed by atoms with Crippen LogP contribution in [0.5, 0.6) is 11.5 Å². The number of unbranched alkanes of at least 4 members (excludes halogenated alkanes) is 2. The Morgan fingerprint density at radius 2 is 1.72 bits per heavy atom. The molecule has 9 heteroatoms. The SMILES string of the molecule is CCCCN(CCCC)C(=O)CN1C[C@@H](c2ccc3c(c2)OCO3)[C@H](C(=O)O)[C@H]1CCC1OC=CO1. The van der Waals surface area contributed by atoms with E-state index < -0.39 is 18.2 Å². The molecule has 0 aliphatic carbocycles. The Bertz CT molecular complexity index is 921. The first-order valence-electron chi connectivity index (χ1n) is 13.1. The van der Waals surface area contributed by atoms with Gasteiger partial charge in [0.25, 0.3) is 0 Å². The van der Waals surface area contributed by atoms with Crippen LogP contribution in [0, 0.1) is 5.92 Å². The van der Waals surface area contributed by atoms with Crippen LogP contribution in [-0.2, 0) is 19.1 Å². The molecule has 4 rings (SSSR count). The zero-order valence-electron chi connectivity index (χ0n) is 21.3. The molecule has 3 atom stereocenters. The highest BCUT2D eigenvalue weighted by Crippen LogP contribution is 2.43. The summed E-state index contributed by atoms with van der Waals surface area (Å²) in [5.41, 5.74) is 0.885. The molecule has 3 heterocycles. The van der Waals surface area contributed by atoms with Gasteiger partial charge in [0.05, 0.1) is 12.5 Å². The van der Waals surface area contributed by atoms with Gasteiger partial charge < -0.3 is 29.0 Å². The number of likely N-dealkylation sites (tertiary alicyclic amines) is 1. The molecule has 198 valence electrons. The van der Waals surface area contributed by atoms with E-state index >= 15 is 0 Å². The third-order valence-electron chi connectivity index (χ3n) is 7.33. The number of carbonyl (C=O) groups is 2. The summed E-state index contributed by atoms with van der Waals surface area (Å²) in [6, 6.07) is 5.31. The van der Waals surface area contributed by atoms with E-state index in [-0.39, 0.29) is 31.2 Å². The number of aliphatic carboxylic acids is 1. The highest BCUT2D eigenvalue weighted by Gasteiger charge is 2.47. The van der Waals surface area contributed by atoms with Gasteiger partial charge in [0, 0.05) is 38.0 Å². The second-order valence-corrected chi connectivity index (χ2v) is 9.72. The van der Waals surface area contributed by atoms with Crippen LogP contribution >= 0.6 is 0 Å². The second-order valence-electron chi connectivity index (χ2n) is 9.72. The van der Waals surface area contributed by atoms with Gasteiger partial charge in [-0.2, -0.15) is 0 Å². The standard InChI is InChI=1S/C27H38N2O7/c1-3-5-11-28(12-6-4-2)24(30)17-29-16-20(19-7-9-22-23(15-19)36-18-35-22)26(27(31)32)21(29)8-10-25-33-13-14-34-25/h7,9,13-15,20-21,25-26H,3-6,8,10-12,16-18H2,1-2H3,(H,31,32)/t20-,21+,26-/m0/s1. The Morgan fingerprint density at radius 3 is 2.39 bits per heavy atom. The molecule has 3 aliphatic rings. The van der Waals surface area contributed by atoms with Crippen LogP contribution in [0.2, 0.25) is 0 Å². The van der Waals surface area contributed by atoms with Crippen molar-refractivity contribution in [2.75, 3.05) is 33.0 Å². The Kier molecular flexibility index (Phi) is 8.96. The molecule has 1 N–H and O–H groups in total. The van der Waals surface area contributed by atoms with Gasteiger partial charge in [0.1, 0.15) is 12.5 Å². The highest BCUT2D eigenvalue weighted by atomic mass is 16.7. The van der Waals surface area contributed by atoms with Crippen molar-refractivity contribution in [1.82, 2.24) is 9.80 Å². The molecule has 1 saturated heterocycles. The predicted molar refractivity (Wildman–Crippen MR) is 133 cm³/mol. The van der Waals surface area contributed by atoms with Gasteiger partial charge in [-0.3, -0.25) is 14.5 Å². The third-order valence-corrected chi connectivity index (χ3v) is 7.33. The first-order valence-corrected chi connectivity index (χ1v) is 13.1. The van der Waals surface area contributed by atoms with E-state index in [1.54, 1.807) is 0 Å². The Hall–Kier alpha value is -2.94. The van der Waals surface area contributed by atoms with Crippen LogP contribution in [0.3, 0.4) is 0 Å². The molecule has 1 fully saturated rings. The largest absolute Gasteiger partial charge is 0.481 e. The average molecular weight is 503 g/mol. The van der Waals surface area contributed by atoms with Crippen LogP contribution in [0.25, 0.3) is 0 Å². The zero-order valence-corrected chi connectivity index (χ0v) is 21.3. The zero-order chi connectivity index (χ0) is 25.5. The van der Waals surface area contributed by atoms with E-state index in [1.165, 1.54) is 12.5 Å². The number of rotatable bonds is 13. The van der Waals surface area contributed by atoms with Crippen molar-refractivity contribution < 1.29 is 33.6 Å². The first-order chi connectivity index (χ1) is 17.5. The van der Waals surface area contributed by atoms with Crippen molar-refractivity contribution in [3.63, 3.8) is 0 Å². The van der Waals surface area contributed by atoms with Gasteiger partial charge in [0.15, 0.2) is 11.5 Å².